The van der Waals surface area contributed by atoms with Gasteiger partial charge in [-0.2, -0.15) is 19.6 Å². The first-order chi connectivity index (χ1) is 20.8. The normalized spacial score (nSPS) is 12.4. The first kappa shape index (κ1) is 38.9. The summed E-state index contributed by atoms with van der Waals surface area (Å²) in [5.41, 5.74) is 9.37. The third-order valence-electron chi connectivity index (χ3n) is 7.77. The number of hydrogen-bond acceptors (Lipinski definition) is 4. The molecule has 0 aliphatic heterocycles. The Morgan fingerprint density at radius 1 is 0.311 bits per heavy atom. The summed E-state index contributed by atoms with van der Waals surface area (Å²) in [6.45, 7) is 17.5. The maximum absolute atomic E-state index is 5.58. The van der Waals surface area contributed by atoms with Gasteiger partial charge in [-0.3, -0.25) is 0 Å². The van der Waals surface area contributed by atoms with Crippen molar-refractivity contribution in [2.75, 3.05) is 0 Å². The Morgan fingerprint density at radius 3 is 0.556 bits per heavy atom. The van der Waals surface area contributed by atoms with E-state index in [1.165, 1.54) is 22.3 Å². The fourth-order valence-electron chi connectivity index (χ4n) is 4.60. The topological polar surface area (TPSA) is 0 Å². The Balaban J connectivity index is 0.000000307. The van der Waals surface area contributed by atoms with Gasteiger partial charge in [-0.25, -0.2) is 0 Å². The molecule has 0 N–H and O–H groups in total. The van der Waals surface area contributed by atoms with Gasteiger partial charge in [0, 0.05) is 16.5 Å². The Hall–Kier alpha value is -2.27. The zero-order valence-corrected chi connectivity index (χ0v) is 31.7. The first-order valence-electron chi connectivity index (χ1n) is 15.4. The van der Waals surface area contributed by atoms with E-state index in [-0.39, 0.29) is 16.5 Å². The van der Waals surface area contributed by atoms with Crippen LogP contribution in [0.2, 0.25) is 0 Å². The van der Waals surface area contributed by atoms with Crippen LogP contribution in [0.25, 0.3) is 19.6 Å². The summed E-state index contributed by atoms with van der Waals surface area (Å²) in [6, 6.07) is 33.7. The van der Waals surface area contributed by atoms with E-state index in [0.717, 1.165) is 41.9 Å². The van der Waals surface area contributed by atoms with Crippen molar-refractivity contribution in [1.82, 2.24) is 0 Å². The largest absolute Gasteiger partial charge is 0.781 e. The SMILES string of the molecule is CC(C)c1ccc(/C([S-])=C(/[S-])c2ccc(C(C)C)cc2)cc1.CC(C)c1ccc(/C([S-])=C(/[S-])c2ccc(C(C)C)cc2)cc1.[Ni]. The molecule has 4 rings (SSSR count). The van der Waals surface area contributed by atoms with Crippen LogP contribution in [0.15, 0.2) is 97.1 Å². The van der Waals surface area contributed by atoms with Crippen molar-refractivity contribution >= 4 is 70.1 Å². The second-order valence-electron chi connectivity index (χ2n) is 12.4. The van der Waals surface area contributed by atoms with Gasteiger partial charge in [0.05, 0.1) is 0 Å². The number of hydrogen-bond donors (Lipinski definition) is 0. The Kier molecular flexibility index (Phi) is 15.7. The van der Waals surface area contributed by atoms with Gasteiger partial charge in [0.1, 0.15) is 0 Å². The molecule has 0 saturated heterocycles. The first-order valence-corrected chi connectivity index (χ1v) is 17.0. The zero-order chi connectivity index (χ0) is 32.6. The Labute approximate surface area is 305 Å². The van der Waals surface area contributed by atoms with Gasteiger partial charge < -0.3 is 50.5 Å². The summed E-state index contributed by atoms with van der Waals surface area (Å²) in [7, 11) is 0. The third kappa shape index (κ3) is 10.9. The minimum Gasteiger partial charge on any atom is -0.781 e. The van der Waals surface area contributed by atoms with Crippen LogP contribution in [0, 0.1) is 0 Å². The van der Waals surface area contributed by atoms with Crippen molar-refractivity contribution in [3.8, 4) is 0 Å². The van der Waals surface area contributed by atoms with E-state index in [9.17, 15) is 0 Å². The summed E-state index contributed by atoms with van der Waals surface area (Å²) >= 11 is 22.3. The molecular formula is C40H44NiS4-4. The Morgan fingerprint density at radius 2 is 0.444 bits per heavy atom. The van der Waals surface area contributed by atoms with Crippen molar-refractivity contribution in [1.29, 1.82) is 0 Å². The molecular weight excluding hydrogens is 667 g/mol. The van der Waals surface area contributed by atoms with Crippen LogP contribution in [0.3, 0.4) is 0 Å². The molecule has 0 amide bonds. The average molecular weight is 712 g/mol. The smallest absolute Gasteiger partial charge is 0 e. The molecule has 0 atom stereocenters. The zero-order valence-electron chi connectivity index (χ0n) is 27.5. The average Bonchev–Trinajstić information content (AvgIpc) is 3.03. The van der Waals surface area contributed by atoms with Gasteiger partial charge in [0.15, 0.2) is 0 Å². The monoisotopic (exact) mass is 710 g/mol. The molecule has 0 spiro atoms. The maximum Gasteiger partial charge on any atom is 0 e. The number of rotatable bonds is 8. The molecule has 0 nitrogen and oxygen atoms in total. The van der Waals surface area contributed by atoms with Crippen LogP contribution < -0.4 is 0 Å². The van der Waals surface area contributed by atoms with Gasteiger partial charge in [0.25, 0.3) is 0 Å². The summed E-state index contributed by atoms with van der Waals surface area (Å²) in [4.78, 5) is 3.01. The molecule has 0 aliphatic rings. The van der Waals surface area contributed by atoms with Crippen LogP contribution in [-0.4, -0.2) is 0 Å². The fraction of sp³-hybridized carbons (Fsp3) is 0.300. The van der Waals surface area contributed by atoms with Gasteiger partial charge in [0.2, 0.25) is 0 Å². The van der Waals surface area contributed by atoms with Crippen LogP contribution in [0.4, 0.5) is 0 Å². The molecule has 4 aromatic carbocycles. The second-order valence-corrected chi connectivity index (χ2v) is 14.1. The standard InChI is InChI=1S/2C20H24S2.Ni/c2*1-13(2)15-5-9-17(10-6-15)19(21)20(22)18-11-7-16(8-12-18)14(3)4;/h2*5-14,21-22H,1-4H3;/p-4/b2*20-19-;. The van der Waals surface area contributed by atoms with Crippen LogP contribution in [0.5, 0.6) is 0 Å². The summed E-state index contributed by atoms with van der Waals surface area (Å²) < 4.78 is 0. The summed E-state index contributed by atoms with van der Waals surface area (Å²) in [5, 5.41) is 0. The van der Waals surface area contributed by atoms with Crippen molar-refractivity contribution in [3.05, 3.63) is 142 Å². The van der Waals surface area contributed by atoms with E-state index >= 15 is 0 Å². The van der Waals surface area contributed by atoms with Crippen molar-refractivity contribution in [2.24, 2.45) is 0 Å². The van der Waals surface area contributed by atoms with Crippen LogP contribution >= 0.6 is 0 Å². The van der Waals surface area contributed by atoms with Gasteiger partial charge in [-0.05, 0) is 68.2 Å². The van der Waals surface area contributed by atoms with E-state index in [1.54, 1.807) is 0 Å². The molecule has 242 valence electrons. The molecule has 0 saturated carbocycles. The molecule has 0 fully saturated rings. The van der Waals surface area contributed by atoms with Gasteiger partial charge in [-0.15, -0.1) is 0 Å². The van der Waals surface area contributed by atoms with Gasteiger partial charge in [-0.1, -0.05) is 152 Å². The molecule has 0 aromatic heterocycles. The minimum absolute atomic E-state index is 0. The van der Waals surface area contributed by atoms with E-state index in [0.29, 0.717) is 23.7 Å². The minimum atomic E-state index is 0. The second kappa shape index (κ2) is 18.2. The fourth-order valence-corrected chi connectivity index (χ4v) is 5.62. The number of benzene rings is 4. The molecule has 0 heterocycles. The predicted octanol–water partition coefficient (Wildman–Crippen LogP) is 11.7. The van der Waals surface area contributed by atoms with Crippen LogP contribution in [0.1, 0.15) is 124 Å². The quantitative estimate of drug-likeness (QED) is 0.101. The molecule has 5 heteroatoms. The molecule has 0 unspecified atom stereocenters. The molecule has 0 radical (unpaired) electrons. The predicted molar refractivity (Wildman–Crippen MR) is 205 cm³/mol. The maximum atomic E-state index is 5.58. The van der Waals surface area contributed by atoms with E-state index in [1.807, 2.05) is 0 Å². The van der Waals surface area contributed by atoms with Gasteiger partial charge >= 0.3 is 0 Å². The molecule has 0 aliphatic carbocycles. The van der Waals surface area contributed by atoms with Crippen molar-refractivity contribution in [2.45, 2.75) is 79.1 Å². The van der Waals surface area contributed by atoms with Crippen molar-refractivity contribution < 1.29 is 16.5 Å². The molecule has 45 heavy (non-hydrogen) atoms. The van der Waals surface area contributed by atoms with Crippen LogP contribution in [-0.2, 0) is 67.0 Å². The van der Waals surface area contributed by atoms with E-state index < -0.39 is 0 Å². The summed E-state index contributed by atoms with van der Waals surface area (Å²) in [5.74, 6) is 2.10. The molecule has 4 aromatic rings. The summed E-state index contributed by atoms with van der Waals surface area (Å²) in [6.07, 6.45) is 0. The van der Waals surface area contributed by atoms with Crippen molar-refractivity contribution in [3.63, 3.8) is 0 Å². The van der Waals surface area contributed by atoms with E-state index in [4.69, 9.17) is 50.5 Å². The third-order valence-corrected chi connectivity index (χ3v) is 9.79. The Bertz CT molecular complexity index is 1300. The molecule has 0 bridgehead atoms. The van der Waals surface area contributed by atoms with E-state index in [2.05, 4.69) is 152 Å².